The van der Waals surface area contributed by atoms with Crippen molar-refractivity contribution < 1.29 is 17.9 Å². The van der Waals surface area contributed by atoms with Crippen molar-refractivity contribution >= 4 is 21.4 Å². The number of methoxy groups -OCH3 is 1. The smallest absolute Gasteiger partial charge is 0.242 e. The van der Waals surface area contributed by atoms with Crippen LogP contribution in [0.5, 0.6) is 5.75 Å². The van der Waals surface area contributed by atoms with E-state index in [-0.39, 0.29) is 5.75 Å². The maximum atomic E-state index is 12.8. The molecule has 0 saturated heterocycles. The summed E-state index contributed by atoms with van der Waals surface area (Å²) in [5.74, 6) is -0.309. The lowest BCUT2D eigenvalue weighted by atomic mass is 10.0. The normalized spacial score (nSPS) is 12.2. The number of carbonyl (C=O) groups is 1. The molecule has 1 amide bonds. The maximum absolute atomic E-state index is 12.8. The van der Waals surface area contributed by atoms with Gasteiger partial charge in [0.15, 0.2) is 9.84 Å². The molecule has 3 rings (SSSR count). The van der Waals surface area contributed by atoms with Crippen LogP contribution in [0.3, 0.4) is 0 Å². The lowest BCUT2D eigenvalue weighted by molar-refractivity contribution is -0.115. The number of hydrogen-bond donors (Lipinski definition) is 1. The Bertz CT molecular complexity index is 1120. The molecule has 5 nitrogen and oxygen atoms in total. The Morgan fingerprint density at radius 1 is 0.967 bits per heavy atom. The number of hydrogen-bond acceptors (Lipinski definition) is 4. The van der Waals surface area contributed by atoms with Crippen LogP contribution in [-0.2, 0) is 20.4 Å². The molecule has 1 N–H and O–H groups in total. The Hall–Kier alpha value is -3.12. The number of carbonyl (C=O) groups excluding carboxylic acids is 1. The second-order valence-corrected chi connectivity index (χ2v) is 9.53. The summed E-state index contributed by atoms with van der Waals surface area (Å²) in [6.45, 7) is 3.29. The average molecular weight is 424 g/mol. The van der Waals surface area contributed by atoms with Crippen LogP contribution in [0, 0.1) is 6.92 Å². The minimum absolute atomic E-state index is 0.207. The van der Waals surface area contributed by atoms with Crippen LogP contribution >= 0.6 is 0 Å². The summed E-state index contributed by atoms with van der Waals surface area (Å²) < 4.78 is 30.9. The molecule has 156 valence electrons. The molecule has 0 heterocycles. The van der Waals surface area contributed by atoms with Gasteiger partial charge >= 0.3 is 0 Å². The Labute approximate surface area is 177 Å². The average Bonchev–Trinajstić information content (AvgIpc) is 2.74. The van der Waals surface area contributed by atoms with Crippen LogP contribution in [0.25, 0.3) is 11.1 Å². The van der Waals surface area contributed by atoms with Gasteiger partial charge in [-0.05, 0) is 48.2 Å². The van der Waals surface area contributed by atoms with E-state index in [1.54, 1.807) is 24.3 Å². The summed E-state index contributed by atoms with van der Waals surface area (Å²) >= 11 is 0. The fourth-order valence-corrected chi connectivity index (χ4v) is 4.39. The fourth-order valence-electron chi connectivity index (χ4n) is 3.10. The topological polar surface area (TPSA) is 72.5 Å². The first kappa shape index (κ1) is 21.6. The standard InChI is InChI=1S/C24H25NO4S/c1-17-9-14-23(29-3)22(15-17)25-24(26)18(2)30(27,28)16-19-10-12-21(13-11-19)20-7-5-4-6-8-20/h4-15,18H,16H2,1-3H3,(H,25,26). The van der Waals surface area contributed by atoms with Gasteiger partial charge in [0.1, 0.15) is 11.0 Å². The predicted octanol–water partition coefficient (Wildman–Crippen LogP) is 4.61. The summed E-state index contributed by atoms with van der Waals surface area (Å²) in [6.07, 6.45) is 0. The van der Waals surface area contributed by atoms with E-state index in [2.05, 4.69) is 5.32 Å². The number of aryl methyl sites for hydroxylation is 1. The summed E-state index contributed by atoms with van der Waals surface area (Å²) in [5, 5.41) is 1.48. The third-order valence-electron chi connectivity index (χ3n) is 4.95. The number of sulfone groups is 1. The Morgan fingerprint density at radius 2 is 1.60 bits per heavy atom. The first-order chi connectivity index (χ1) is 14.3. The molecule has 0 aliphatic rings. The third kappa shape index (κ3) is 5.07. The zero-order valence-corrected chi connectivity index (χ0v) is 18.1. The zero-order valence-electron chi connectivity index (χ0n) is 17.3. The lowest BCUT2D eigenvalue weighted by Gasteiger charge is -2.16. The number of ether oxygens (including phenoxy) is 1. The molecule has 0 aliphatic carbocycles. The van der Waals surface area contributed by atoms with Gasteiger partial charge < -0.3 is 10.1 Å². The lowest BCUT2D eigenvalue weighted by Crippen LogP contribution is -2.33. The molecular formula is C24H25NO4S. The Kier molecular flexibility index (Phi) is 6.57. The highest BCUT2D eigenvalue weighted by molar-refractivity contribution is 7.92. The molecule has 1 unspecified atom stereocenters. The van der Waals surface area contributed by atoms with Crippen LogP contribution in [0.4, 0.5) is 5.69 Å². The van der Waals surface area contributed by atoms with E-state index in [0.29, 0.717) is 17.0 Å². The molecule has 6 heteroatoms. The SMILES string of the molecule is COc1ccc(C)cc1NC(=O)C(C)S(=O)(=O)Cc1ccc(-c2ccccc2)cc1. The molecule has 0 aromatic heterocycles. The molecule has 3 aromatic rings. The van der Waals surface area contributed by atoms with Gasteiger partial charge in [-0.2, -0.15) is 0 Å². The van der Waals surface area contributed by atoms with Crippen LogP contribution in [0.15, 0.2) is 72.8 Å². The largest absolute Gasteiger partial charge is 0.495 e. The van der Waals surface area contributed by atoms with Gasteiger partial charge in [0.25, 0.3) is 0 Å². The Balaban J connectivity index is 1.72. The molecule has 3 aromatic carbocycles. The van der Waals surface area contributed by atoms with Crippen LogP contribution < -0.4 is 10.1 Å². The van der Waals surface area contributed by atoms with Crippen LogP contribution in [-0.4, -0.2) is 26.7 Å². The van der Waals surface area contributed by atoms with Crippen molar-refractivity contribution in [3.05, 3.63) is 83.9 Å². The van der Waals surface area contributed by atoms with Gasteiger partial charge in [-0.25, -0.2) is 8.42 Å². The van der Waals surface area contributed by atoms with Gasteiger partial charge in [-0.15, -0.1) is 0 Å². The first-order valence-electron chi connectivity index (χ1n) is 9.61. The molecular weight excluding hydrogens is 398 g/mol. The second kappa shape index (κ2) is 9.13. The molecule has 0 fully saturated rings. The highest BCUT2D eigenvalue weighted by atomic mass is 32.2. The van der Waals surface area contributed by atoms with Crippen molar-refractivity contribution in [1.82, 2.24) is 0 Å². The number of rotatable bonds is 7. The molecule has 0 saturated carbocycles. The van der Waals surface area contributed by atoms with Crippen LogP contribution in [0.1, 0.15) is 18.1 Å². The quantitative estimate of drug-likeness (QED) is 0.602. The van der Waals surface area contributed by atoms with Crippen molar-refractivity contribution in [3.63, 3.8) is 0 Å². The van der Waals surface area contributed by atoms with E-state index >= 15 is 0 Å². The summed E-state index contributed by atoms with van der Waals surface area (Å²) in [6, 6.07) is 22.5. The van der Waals surface area contributed by atoms with Crippen molar-refractivity contribution in [2.45, 2.75) is 24.9 Å². The summed E-state index contributed by atoms with van der Waals surface area (Å²) in [7, 11) is -2.19. The van der Waals surface area contributed by atoms with E-state index in [1.807, 2.05) is 55.5 Å². The highest BCUT2D eigenvalue weighted by Gasteiger charge is 2.28. The van der Waals surface area contributed by atoms with Crippen LogP contribution in [0.2, 0.25) is 0 Å². The summed E-state index contributed by atoms with van der Waals surface area (Å²) in [5.41, 5.74) is 4.10. The number of anilines is 1. The number of amides is 1. The van der Waals surface area contributed by atoms with E-state index in [0.717, 1.165) is 16.7 Å². The number of benzene rings is 3. The minimum Gasteiger partial charge on any atom is -0.495 e. The minimum atomic E-state index is -3.69. The molecule has 1 atom stereocenters. The Morgan fingerprint density at radius 3 is 2.23 bits per heavy atom. The van der Waals surface area contributed by atoms with E-state index in [1.165, 1.54) is 14.0 Å². The maximum Gasteiger partial charge on any atom is 0.242 e. The molecule has 0 bridgehead atoms. The van der Waals surface area contributed by atoms with Crippen molar-refractivity contribution in [3.8, 4) is 16.9 Å². The molecule has 0 aliphatic heterocycles. The van der Waals surface area contributed by atoms with Gasteiger partial charge in [0, 0.05) is 0 Å². The first-order valence-corrected chi connectivity index (χ1v) is 11.3. The second-order valence-electron chi connectivity index (χ2n) is 7.21. The predicted molar refractivity (Wildman–Crippen MR) is 120 cm³/mol. The molecule has 0 radical (unpaired) electrons. The fraction of sp³-hybridized carbons (Fsp3) is 0.208. The monoisotopic (exact) mass is 423 g/mol. The zero-order chi connectivity index (χ0) is 21.7. The molecule has 30 heavy (non-hydrogen) atoms. The third-order valence-corrected chi connectivity index (χ3v) is 6.98. The highest BCUT2D eigenvalue weighted by Crippen LogP contribution is 2.26. The van der Waals surface area contributed by atoms with E-state index in [4.69, 9.17) is 4.74 Å². The van der Waals surface area contributed by atoms with E-state index < -0.39 is 21.0 Å². The summed E-state index contributed by atoms with van der Waals surface area (Å²) in [4.78, 5) is 12.6. The van der Waals surface area contributed by atoms with Gasteiger partial charge in [0.2, 0.25) is 5.91 Å². The van der Waals surface area contributed by atoms with Crippen molar-refractivity contribution in [2.75, 3.05) is 12.4 Å². The van der Waals surface area contributed by atoms with Gasteiger partial charge in [-0.3, -0.25) is 4.79 Å². The van der Waals surface area contributed by atoms with E-state index in [9.17, 15) is 13.2 Å². The van der Waals surface area contributed by atoms with Gasteiger partial charge in [-0.1, -0.05) is 60.7 Å². The van der Waals surface area contributed by atoms with Crippen molar-refractivity contribution in [2.24, 2.45) is 0 Å². The van der Waals surface area contributed by atoms with Gasteiger partial charge in [0.05, 0.1) is 18.6 Å². The number of nitrogens with one attached hydrogen (secondary N) is 1. The molecule has 0 spiro atoms. The van der Waals surface area contributed by atoms with Crippen molar-refractivity contribution in [1.29, 1.82) is 0 Å².